The van der Waals surface area contributed by atoms with Crippen molar-refractivity contribution in [2.24, 2.45) is 35.5 Å². The zero-order valence-corrected chi connectivity index (χ0v) is 9.51. The highest BCUT2D eigenvalue weighted by Crippen LogP contribution is 2.69. The topological polar surface area (TPSA) is 40.5 Å². The molecule has 1 amide bonds. The Kier molecular flexibility index (Phi) is 1.78. The Balaban J connectivity index is 1.41. The number of hydrogen-bond acceptors (Lipinski definition) is 2. The lowest BCUT2D eigenvalue weighted by Gasteiger charge is -2.38. The number of carbonyl (C=O) groups excluding carboxylic acids is 1. The predicted octanol–water partition coefficient (Wildman–Crippen LogP) is 0.729. The molecule has 1 N–H and O–H groups in total. The van der Waals surface area contributed by atoms with Crippen molar-refractivity contribution in [3.63, 3.8) is 0 Å². The van der Waals surface area contributed by atoms with Gasteiger partial charge >= 0.3 is 0 Å². The SMILES string of the molecule is O=C(C1C2C3CCC(C3)C12)N1CC(CO)C1. The van der Waals surface area contributed by atoms with Crippen LogP contribution < -0.4 is 0 Å². The van der Waals surface area contributed by atoms with Crippen LogP contribution in [0.15, 0.2) is 0 Å². The van der Waals surface area contributed by atoms with E-state index >= 15 is 0 Å². The van der Waals surface area contributed by atoms with Crippen molar-refractivity contribution in [3.05, 3.63) is 0 Å². The largest absolute Gasteiger partial charge is 0.396 e. The summed E-state index contributed by atoms with van der Waals surface area (Å²) in [6.07, 6.45) is 4.18. The maximum atomic E-state index is 12.2. The van der Waals surface area contributed by atoms with Crippen LogP contribution in [0.3, 0.4) is 0 Å². The van der Waals surface area contributed by atoms with Gasteiger partial charge in [-0.1, -0.05) is 0 Å². The van der Waals surface area contributed by atoms with E-state index in [0.717, 1.165) is 36.8 Å². The number of hydrogen-bond donors (Lipinski definition) is 1. The quantitative estimate of drug-likeness (QED) is 0.746. The van der Waals surface area contributed by atoms with Crippen LogP contribution in [-0.4, -0.2) is 35.6 Å². The van der Waals surface area contributed by atoms with Crippen molar-refractivity contribution in [2.45, 2.75) is 19.3 Å². The highest BCUT2D eigenvalue weighted by molar-refractivity contribution is 5.83. The third-order valence-electron chi connectivity index (χ3n) is 5.55. The van der Waals surface area contributed by atoms with E-state index < -0.39 is 0 Å². The summed E-state index contributed by atoms with van der Waals surface area (Å²) in [5.74, 6) is 4.47. The van der Waals surface area contributed by atoms with Crippen molar-refractivity contribution in [1.29, 1.82) is 0 Å². The maximum Gasteiger partial charge on any atom is 0.226 e. The minimum absolute atomic E-state index is 0.243. The third-order valence-corrected chi connectivity index (χ3v) is 5.55. The van der Waals surface area contributed by atoms with Crippen LogP contribution in [0.4, 0.5) is 0 Å². The molecule has 1 heterocycles. The van der Waals surface area contributed by atoms with Gasteiger partial charge in [-0.25, -0.2) is 0 Å². The lowest BCUT2D eigenvalue weighted by molar-refractivity contribution is -0.141. The summed E-state index contributed by atoms with van der Waals surface area (Å²) in [4.78, 5) is 14.2. The Labute approximate surface area is 95.8 Å². The number of aliphatic hydroxyl groups excluding tert-OH is 1. The number of aliphatic hydroxyl groups is 1. The molecule has 16 heavy (non-hydrogen) atoms. The summed E-state index contributed by atoms with van der Waals surface area (Å²) >= 11 is 0. The first kappa shape index (κ1) is 9.46. The molecular formula is C13H19NO2. The summed E-state index contributed by atoms with van der Waals surface area (Å²) < 4.78 is 0. The van der Waals surface area contributed by atoms with Crippen LogP contribution in [0.2, 0.25) is 0 Å². The van der Waals surface area contributed by atoms with E-state index in [4.69, 9.17) is 5.11 Å². The molecule has 0 spiro atoms. The van der Waals surface area contributed by atoms with E-state index in [1.807, 2.05) is 4.90 Å². The highest BCUT2D eigenvalue weighted by Gasteiger charge is 2.68. The van der Waals surface area contributed by atoms with E-state index in [-0.39, 0.29) is 6.61 Å². The summed E-state index contributed by atoms with van der Waals surface area (Å²) in [7, 11) is 0. The van der Waals surface area contributed by atoms with E-state index in [2.05, 4.69) is 0 Å². The molecule has 4 aliphatic rings. The van der Waals surface area contributed by atoms with Crippen molar-refractivity contribution >= 4 is 5.91 Å². The predicted molar refractivity (Wildman–Crippen MR) is 58.5 cm³/mol. The fourth-order valence-electron chi connectivity index (χ4n) is 4.73. The lowest BCUT2D eigenvalue weighted by atomic mass is 9.97. The third kappa shape index (κ3) is 1.05. The molecule has 0 radical (unpaired) electrons. The van der Waals surface area contributed by atoms with Crippen molar-refractivity contribution in [1.82, 2.24) is 4.90 Å². The molecule has 3 heteroatoms. The summed E-state index contributed by atoms with van der Waals surface area (Å²) in [6, 6.07) is 0. The molecule has 1 saturated heterocycles. The summed E-state index contributed by atoms with van der Waals surface area (Å²) in [5, 5.41) is 8.96. The second-order valence-electron chi connectivity index (χ2n) is 6.31. The maximum absolute atomic E-state index is 12.2. The van der Waals surface area contributed by atoms with Gasteiger partial charge in [-0.3, -0.25) is 4.79 Å². The van der Waals surface area contributed by atoms with Crippen LogP contribution in [0, 0.1) is 35.5 Å². The first-order valence-electron chi connectivity index (χ1n) is 6.69. The fourth-order valence-corrected chi connectivity index (χ4v) is 4.73. The van der Waals surface area contributed by atoms with Gasteiger partial charge in [0, 0.05) is 31.5 Å². The average Bonchev–Trinajstić information content (AvgIpc) is 2.66. The molecule has 0 aromatic rings. The molecule has 4 rings (SSSR count). The Bertz CT molecular complexity index is 321. The smallest absolute Gasteiger partial charge is 0.226 e. The van der Waals surface area contributed by atoms with Gasteiger partial charge in [0.2, 0.25) is 5.91 Å². The zero-order valence-electron chi connectivity index (χ0n) is 9.51. The zero-order chi connectivity index (χ0) is 10.9. The second-order valence-corrected chi connectivity index (χ2v) is 6.31. The minimum atomic E-state index is 0.243. The van der Waals surface area contributed by atoms with E-state index in [0.29, 0.717) is 17.7 Å². The molecule has 4 fully saturated rings. The first-order chi connectivity index (χ1) is 7.79. The Morgan fingerprint density at radius 3 is 2.38 bits per heavy atom. The summed E-state index contributed by atoms with van der Waals surface area (Å²) in [5.41, 5.74) is 0. The van der Waals surface area contributed by atoms with Crippen molar-refractivity contribution in [3.8, 4) is 0 Å². The molecule has 3 nitrogen and oxygen atoms in total. The lowest BCUT2D eigenvalue weighted by Crippen LogP contribution is -2.52. The molecule has 4 unspecified atom stereocenters. The van der Waals surface area contributed by atoms with Gasteiger partial charge in [0.15, 0.2) is 0 Å². The molecule has 0 aromatic carbocycles. The molecule has 88 valence electrons. The number of fused-ring (bicyclic) bond motifs is 5. The fraction of sp³-hybridized carbons (Fsp3) is 0.923. The van der Waals surface area contributed by atoms with Crippen LogP contribution in [-0.2, 0) is 4.79 Å². The van der Waals surface area contributed by atoms with Crippen LogP contribution in [0.1, 0.15) is 19.3 Å². The number of likely N-dealkylation sites (tertiary alicyclic amines) is 1. The van der Waals surface area contributed by atoms with Gasteiger partial charge in [0.1, 0.15) is 0 Å². The highest BCUT2D eigenvalue weighted by atomic mass is 16.3. The summed E-state index contributed by atoms with van der Waals surface area (Å²) in [6.45, 7) is 1.85. The van der Waals surface area contributed by atoms with Crippen LogP contribution >= 0.6 is 0 Å². The van der Waals surface area contributed by atoms with Gasteiger partial charge in [0.05, 0.1) is 0 Å². The molecule has 3 saturated carbocycles. The number of amides is 1. The molecule has 3 aliphatic carbocycles. The van der Waals surface area contributed by atoms with Gasteiger partial charge in [-0.2, -0.15) is 0 Å². The molecule has 2 bridgehead atoms. The Hall–Kier alpha value is -0.570. The first-order valence-corrected chi connectivity index (χ1v) is 6.69. The van der Waals surface area contributed by atoms with E-state index in [1.54, 1.807) is 0 Å². The van der Waals surface area contributed by atoms with Crippen molar-refractivity contribution < 1.29 is 9.90 Å². The minimum Gasteiger partial charge on any atom is -0.396 e. The van der Waals surface area contributed by atoms with Crippen molar-refractivity contribution in [2.75, 3.05) is 19.7 Å². The Morgan fingerprint density at radius 1 is 1.19 bits per heavy atom. The number of carbonyl (C=O) groups is 1. The van der Waals surface area contributed by atoms with Gasteiger partial charge in [-0.05, 0) is 42.9 Å². The van der Waals surface area contributed by atoms with E-state index in [1.165, 1.54) is 19.3 Å². The number of rotatable bonds is 2. The normalized spacial score (nSPS) is 49.1. The van der Waals surface area contributed by atoms with Gasteiger partial charge in [-0.15, -0.1) is 0 Å². The Morgan fingerprint density at radius 2 is 1.81 bits per heavy atom. The van der Waals surface area contributed by atoms with Gasteiger partial charge in [0.25, 0.3) is 0 Å². The average molecular weight is 221 g/mol. The molecule has 0 aromatic heterocycles. The molecular weight excluding hydrogens is 202 g/mol. The van der Waals surface area contributed by atoms with Gasteiger partial charge < -0.3 is 10.0 Å². The monoisotopic (exact) mass is 221 g/mol. The number of nitrogens with zero attached hydrogens (tertiary/aromatic N) is 1. The molecule has 4 atom stereocenters. The van der Waals surface area contributed by atoms with E-state index in [9.17, 15) is 4.79 Å². The van der Waals surface area contributed by atoms with Crippen LogP contribution in [0.5, 0.6) is 0 Å². The standard InChI is InChI=1S/C13H19NO2/c15-6-7-4-14(5-7)13(16)12-10-8-1-2-9(3-8)11(10)12/h7-12,15H,1-6H2. The molecule has 1 aliphatic heterocycles. The van der Waals surface area contributed by atoms with Crippen LogP contribution in [0.25, 0.3) is 0 Å². The second kappa shape index (κ2) is 3.00.